The quantitative estimate of drug-likeness (QED) is 0.548. The predicted molar refractivity (Wildman–Crippen MR) is 117 cm³/mol. The summed E-state index contributed by atoms with van der Waals surface area (Å²) in [7, 11) is -1.17. The summed E-state index contributed by atoms with van der Waals surface area (Å²) in [6, 6.07) is 16.3. The highest BCUT2D eigenvalue weighted by Gasteiger charge is 2.28. The Kier molecular flexibility index (Phi) is 7.09. The van der Waals surface area contributed by atoms with E-state index in [4.69, 9.17) is 9.47 Å². The topological polar surface area (TPSA) is 97.8 Å². The third kappa shape index (κ3) is 5.32. The second-order valence-electron chi connectivity index (χ2n) is 6.50. The Morgan fingerprint density at radius 1 is 0.968 bits per heavy atom. The van der Waals surface area contributed by atoms with Gasteiger partial charge in [0.15, 0.2) is 11.5 Å². The molecule has 31 heavy (non-hydrogen) atoms. The van der Waals surface area contributed by atoms with E-state index in [1.807, 2.05) is 0 Å². The maximum Gasteiger partial charge on any atom is 0.264 e. The van der Waals surface area contributed by atoms with Crippen LogP contribution in [0, 0.1) is 0 Å². The average Bonchev–Trinajstić information content (AvgIpc) is 2.81. The molecule has 0 radical (unpaired) electrons. The Bertz CT molecular complexity index is 1120. The summed E-state index contributed by atoms with van der Waals surface area (Å²) < 4.78 is 38.4. The van der Waals surface area contributed by atoms with Crippen LogP contribution >= 0.6 is 0 Å². The largest absolute Gasteiger partial charge is 0.493 e. The minimum absolute atomic E-state index is 0.0177. The summed E-state index contributed by atoms with van der Waals surface area (Å²) in [5, 5.41) is 2.75. The van der Waals surface area contributed by atoms with Gasteiger partial charge in [0.25, 0.3) is 10.0 Å². The fourth-order valence-corrected chi connectivity index (χ4v) is 4.34. The van der Waals surface area contributed by atoms with Crippen LogP contribution in [0.5, 0.6) is 11.5 Å². The highest BCUT2D eigenvalue weighted by molar-refractivity contribution is 7.92. The number of ether oxygens (including phenoxy) is 2. The van der Waals surface area contributed by atoms with E-state index in [1.165, 1.54) is 32.4 Å². The summed E-state index contributed by atoms with van der Waals surface area (Å²) >= 11 is 0. The van der Waals surface area contributed by atoms with Gasteiger partial charge in [-0.1, -0.05) is 18.2 Å². The number of anilines is 1. The number of carbonyl (C=O) groups excluding carboxylic acids is 1. The van der Waals surface area contributed by atoms with Crippen LogP contribution in [-0.2, 0) is 21.4 Å². The number of rotatable bonds is 9. The molecule has 0 spiro atoms. The lowest BCUT2D eigenvalue weighted by atomic mass is 10.3. The molecule has 1 amide bonds. The van der Waals surface area contributed by atoms with Crippen molar-refractivity contribution in [3.8, 4) is 11.5 Å². The van der Waals surface area contributed by atoms with Gasteiger partial charge in [0.1, 0.15) is 6.54 Å². The molecule has 8 nitrogen and oxygen atoms in total. The van der Waals surface area contributed by atoms with Gasteiger partial charge < -0.3 is 14.8 Å². The maximum absolute atomic E-state index is 13.5. The van der Waals surface area contributed by atoms with E-state index < -0.39 is 15.9 Å². The van der Waals surface area contributed by atoms with Crippen LogP contribution in [0.4, 0.5) is 5.69 Å². The molecule has 0 atom stereocenters. The van der Waals surface area contributed by atoms with Crippen molar-refractivity contribution in [3.05, 3.63) is 78.6 Å². The van der Waals surface area contributed by atoms with Crippen molar-refractivity contribution < 1.29 is 22.7 Å². The predicted octanol–water partition coefficient (Wildman–Crippen LogP) is 2.61. The van der Waals surface area contributed by atoms with Crippen LogP contribution < -0.4 is 19.1 Å². The first-order chi connectivity index (χ1) is 15.0. The molecule has 162 valence electrons. The van der Waals surface area contributed by atoms with Gasteiger partial charge in [-0.25, -0.2) is 8.42 Å². The van der Waals surface area contributed by atoms with E-state index in [9.17, 15) is 13.2 Å². The molecule has 0 aliphatic heterocycles. The molecule has 0 unspecified atom stereocenters. The van der Waals surface area contributed by atoms with Crippen LogP contribution in [0.15, 0.2) is 78.0 Å². The van der Waals surface area contributed by atoms with Gasteiger partial charge in [-0.2, -0.15) is 0 Å². The summed E-state index contributed by atoms with van der Waals surface area (Å²) in [5.41, 5.74) is 1.23. The zero-order valence-corrected chi connectivity index (χ0v) is 18.0. The van der Waals surface area contributed by atoms with E-state index in [2.05, 4.69) is 10.3 Å². The molecule has 0 aliphatic carbocycles. The number of carbonyl (C=O) groups is 1. The number of hydrogen-bond donors (Lipinski definition) is 1. The van der Waals surface area contributed by atoms with Gasteiger partial charge in [-0.15, -0.1) is 0 Å². The molecule has 0 aliphatic rings. The SMILES string of the molecule is COc1ccc(S(=O)(=O)N(CC(=O)NCc2ccncc2)c2ccccc2)cc1OC. The van der Waals surface area contributed by atoms with E-state index >= 15 is 0 Å². The Morgan fingerprint density at radius 3 is 2.29 bits per heavy atom. The van der Waals surface area contributed by atoms with Gasteiger partial charge in [0.05, 0.1) is 24.8 Å². The van der Waals surface area contributed by atoms with Crippen LogP contribution in [0.1, 0.15) is 5.56 Å². The lowest BCUT2D eigenvalue weighted by Gasteiger charge is -2.24. The molecular formula is C22H23N3O5S. The zero-order valence-electron chi connectivity index (χ0n) is 17.2. The van der Waals surface area contributed by atoms with Crippen molar-refractivity contribution in [1.29, 1.82) is 0 Å². The van der Waals surface area contributed by atoms with Gasteiger partial charge in [-0.05, 0) is 42.0 Å². The monoisotopic (exact) mass is 441 g/mol. The molecule has 1 N–H and O–H groups in total. The molecule has 0 saturated carbocycles. The number of nitrogens with zero attached hydrogens (tertiary/aromatic N) is 2. The molecule has 3 rings (SSSR count). The van der Waals surface area contributed by atoms with Gasteiger partial charge in [0, 0.05) is 25.0 Å². The van der Waals surface area contributed by atoms with Gasteiger partial charge >= 0.3 is 0 Å². The van der Waals surface area contributed by atoms with Crippen molar-refractivity contribution in [1.82, 2.24) is 10.3 Å². The molecule has 2 aromatic carbocycles. The molecular weight excluding hydrogens is 418 g/mol. The Labute approximate surface area is 181 Å². The summed E-state index contributed by atoms with van der Waals surface area (Å²) in [4.78, 5) is 16.5. The van der Waals surface area contributed by atoms with E-state index in [0.717, 1.165) is 9.87 Å². The number of hydrogen-bond acceptors (Lipinski definition) is 6. The summed E-state index contributed by atoms with van der Waals surface area (Å²) in [5.74, 6) is 0.242. The fourth-order valence-electron chi connectivity index (χ4n) is 2.90. The first-order valence-electron chi connectivity index (χ1n) is 9.41. The second kappa shape index (κ2) is 9.94. The number of amides is 1. The fraction of sp³-hybridized carbons (Fsp3) is 0.182. The van der Waals surface area contributed by atoms with Crippen molar-refractivity contribution in [3.63, 3.8) is 0 Å². The van der Waals surface area contributed by atoms with E-state index in [0.29, 0.717) is 11.4 Å². The lowest BCUT2D eigenvalue weighted by Crippen LogP contribution is -2.40. The standard InChI is InChI=1S/C22H23N3O5S/c1-29-20-9-8-19(14-21(20)30-2)31(27,28)25(18-6-4-3-5-7-18)16-22(26)24-15-17-10-12-23-13-11-17/h3-14H,15-16H2,1-2H3,(H,24,26). The van der Waals surface area contributed by atoms with E-state index in [1.54, 1.807) is 54.9 Å². The number of sulfonamides is 1. The number of benzene rings is 2. The smallest absolute Gasteiger partial charge is 0.264 e. The molecule has 1 aromatic heterocycles. The van der Waals surface area contributed by atoms with Crippen molar-refractivity contribution in [2.24, 2.45) is 0 Å². The normalized spacial score (nSPS) is 10.9. The Balaban J connectivity index is 1.89. The van der Waals surface area contributed by atoms with Crippen LogP contribution in [-0.4, -0.2) is 40.1 Å². The van der Waals surface area contributed by atoms with Crippen LogP contribution in [0.25, 0.3) is 0 Å². The molecule has 1 heterocycles. The van der Waals surface area contributed by atoms with Crippen molar-refractivity contribution in [2.45, 2.75) is 11.4 Å². The third-order valence-corrected chi connectivity index (χ3v) is 6.28. The van der Waals surface area contributed by atoms with Crippen molar-refractivity contribution in [2.75, 3.05) is 25.1 Å². The Hall–Kier alpha value is -3.59. The third-order valence-electron chi connectivity index (χ3n) is 4.51. The maximum atomic E-state index is 13.5. The Morgan fingerprint density at radius 2 is 1.65 bits per heavy atom. The zero-order chi connectivity index (χ0) is 22.3. The average molecular weight is 442 g/mol. The molecule has 0 saturated heterocycles. The van der Waals surface area contributed by atoms with Crippen LogP contribution in [0.2, 0.25) is 0 Å². The number of methoxy groups -OCH3 is 2. The summed E-state index contributed by atoms with van der Waals surface area (Å²) in [6.07, 6.45) is 3.25. The molecule has 0 bridgehead atoms. The highest BCUT2D eigenvalue weighted by atomic mass is 32.2. The van der Waals surface area contributed by atoms with Gasteiger partial charge in [0.2, 0.25) is 5.91 Å². The first-order valence-corrected chi connectivity index (χ1v) is 10.8. The minimum atomic E-state index is -4.06. The number of aromatic nitrogens is 1. The highest BCUT2D eigenvalue weighted by Crippen LogP contribution is 2.32. The van der Waals surface area contributed by atoms with Gasteiger partial charge in [-0.3, -0.25) is 14.1 Å². The van der Waals surface area contributed by atoms with Crippen molar-refractivity contribution >= 4 is 21.6 Å². The van der Waals surface area contributed by atoms with E-state index in [-0.39, 0.29) is 23.7 Å². The second-order valence-corrected chi connectivity index (χ2v) is 8.36. The summed E-state index contributed by atoms with van der Waals surface area (Å²) in [6.45, 7) is -0.119. The molecule has 9 heteroatoms. The number of nitrogens with one attached hydrogen (secondary N) is 1. The molecule has 0 fully saturated rings. The number of pyridine rings is 1. The minimum Gasteiger partial charge on any atom is -0.493 e. The molecule has 3 aromatic rings. The lowest BCUT2D eigenvalue weighted by molar-refractivity contribution is -0.119. The first kappa shape index (κ1) is 22.1. The number of para-hydroxylation sites is 1. The van der Waals surface area contributed by atoms with Crippen LogP contribution in [0.3, 0.4) is 0 Å².